The third-order valence-corrected chi connectivity index (χ3v) is 10.4. The highest BCUT2D eigenvalue weighted by atomic mass is 16.5. The van der Waals surface area contributed by atoms with Crippen molar-refractivity contribution in [3.05, 3.63) is 144 Å². The normalized spacial score (nSPS) is 12.1. The summed E-state index contributed by atoms with van der Waals surface area (Å²) in [5.41, 5.74) is 5.83. The molecule has 13 heteroatoms. The fourth-order valence-electron chi connectivity index (χ4n) is 7.21. The van der Waals surface area contributed by atoms with Crippen molar-refractivity contribution in [1.29, 1.82) is 0 Å². The van der Waals surface area contributed by atoms with Gasteiger partial charge in [0.05, 0.1) is 58.6 Å². The van der Waals surface area contributed by atoms with Gasteiger partial charge >= 0.3 is 5.97 Å². The molecule has 4 aromatic carbocycles. The Morgan fingerprint density at radius 2 is 1.08 bits per heavy atom. The first kappa shape index (κ1) is 45.4. The Bertz CT molecular complexity index is 2440. The summed E-state index contributed by atoms with van der Waals surface area (Å²) in [7, 11) is 6.47. The number of hydrogen-bond acceptors (Lipinski definition) is 11. The van der Waals surface area contributed by atoms with E-state index in [0.29, 0.717) is 72.9 Å². The van der Waals surface area contributed by atoms with Gasteiger partial charge in [-0.25, -0.2) is 14.8 Å². The zero-order valence-electron chi connectivity index (χ0n) is 36.2. The van der Waals surface area contributed by atoms with Crippen LogP contribution in [-0.4, -0.2) is 99.7 Å². The number of carboxylic acids is 1. The van der Waals surface area contributed by atoms with Crippen molar-refractivity contribution < 1.29 is 43.1 Å². The van der Waals surface area contributed by atoms with Crippen LogP contribution in [0.1, 0.15) is 44.7 Å². The molecular weight excluding hydrogens is 801 g/mol. The number of aromatic carboxylic acids is 1. The molecule has 2 N–H and O–H groups in total. The van der Waals surface area contributed by atoms with Gasteiger partial charge in [0.2, 0.25) is 11.8 Å². The van der Waals surface area contributed by atoms with E-state index < -0.39 is 5.97 Å². The molecule has 1 saturated heterocycles. The minimum Gasteiger partial charge on any atom is -0.493 e. The van der Waals surface area contributed by atoms with Crippen molar-refractivity contribution in [3.8, 4) is 57.3 Å². The van der Waals surface area contributed by atoms with Crippen molar-refractivity contribution in [2.24, 2.45) is 0 Å². The fraction of sp³-hybridized carbons (Fsp3) is 0.280. The van der Waals surface area contributed by atoms with Gasteiger partial charge in [-0.15, -0.1) is 0 Å². The van der Waals surface area contributed by atoms with Gasteiger partial charge in [0.25, 0.3) is 5.91 Å². The van der Waals surface area contributed by atoms with Crippen LogP contribution in [0, 0.1) is 0 Å². The molecule has 0 saturated carbocycles. The highest BCUT2D eigenvalue weighted by Crippen LogP contribution is 2.32. The van der Waals surface area contributed by atoms with Crippen LogP contribution in [-0.2, 0) is 12.8 Å². The van der Waals surface area contributed by atoms with Crippen LogP contribution in [0.3, 0.4) is 0 Å². The average Bonchev–Trinajstić information content (AvgIpc) is 3.85. The number of benzene rings is 4. The second-order valence-electron chi connectivity index (χ2n) is 14.5. The van der Waals surface area contributed by atoms with Gasteiger partial charge in [0.15, 0.2) is 23.0 Å². The van der Waals surface area contributed by atoms with Crippen LogP contribution in [0.2, 0.25) is 0 Å². The van der Waals surface area contributed by atoms with E-state index >= 15 is 0 Å². The zero-order valence-corrected chi connectivity index (χ0v) is 36.2. The molecule has 0 unspecified atom stereocenters. The van der Waals surface area contributed by atoms with Crippen LogP contribution in [0.15, 0.2) is 121 Å². The molecule has 328 valence electrons. The van der Waals surface area contributed by atoms with E-state index in [1.807, 2.05) is 97.1 Å². The lowest BCUT2D eigenvalue weighted by molar-refractivity contribution is 0.0696. The summed E-state index contributed by atoms with van der Waals surface area (Å²) in [5, 5.41) is 12.2. The number of amides is 1. The van der Waals surface area contributed by atoms with Crippen molar-refractivity contribution in [2.75, 3.05) is 67.8 Å². The lowest BCUT2D eigenvalue weighted by Gasteiger charge is -2.15. The van der Waals surface area contributed by atoms with Gasteiger partial charge in [-0.2, -0.15) is 0 Å². The number of para-hydroxylation sites is 2. The maximum absolute atomic E-state index is 12.6. The quantitative estimate of drug-likeness (QED) is 0.0807. The molecule has 0 bridgehead atoms. The molecule has 0 radical (unpaired) electrons. The number of pyridine rings is 2. The van der Waals surface area contributed by atoms with Gasteiger partial charge in [0, 0.05) is 65.9 Å². The highest BCUT2D eigenvalue weighted by molar-refractivity contribution is 5.95. The maximum Gasteiger partial charge on any atom is 0.335 e. The smallest absolute Gasteiger partial charge is 0.335 e. The van der Waals surface area contributed by atoms with Crippen molar-refractivity contribution in [1.82, 2.24) is 20.2 Å². The molecule has 3 heterocycles. The summed E-state index contributed by atoms with van der Waals surface area (Å²) < 4.78 is 33.3. The minimum atomic E-state index is -0.971. The van der Waals surface area contributed by atoms with E-state index in [1.165, 1.54) is 12.8 Å². The molecule has 0 spiro atoms. The number of nitrogens with zero attached hydrogens (tertiary/aromatic N) is 3. The zero-order chi connectivity index (χ0) is 44.4. The first-order valence-electron chi connectivity index (χ1n) is 20.8. The number of carboxylic acid groups (broad SMARTS) is 1. The molecule has 63 heavy (non-hydrogen) atoms. The van der Waals surface area contributed by atoms with E-state index in [-0.39, 0.29) is 11.5 Å². The van der Waals surface area contributed by atoms with Gasteiger partial charge in [-0.3, -0.25) is 4.79 Å². The van der Waals surface area contributed by atoms with Crippen LogP contribution in [0.4, 0.5) is 0 Å². The monoisotopic (exact) mass is 854 g/mol. The molecule has 1 amide bonds. The van der Waals surface area contributed by atoms with Crippen LogP contribution >= 0.6 is 0 Å². The lowest BCUT2D eigenvalue weighted by Crippen LogP contribution is -2.33. The summed E-state index contributed by atoms with van der Waals surface area (Å²) in [6.45, 7) is 4.66. The molecule has 1 aliphatic heterocycles. The van der Waals surface area contributed by atoms with E-state index in [0.717, 1.165) is 53.3 Å². The number of methoxy groups -OCH3 is 4. The molecule has 1 fully saturated rings. The Kier molecular flexibility index (Phi) is 16.7. The molecule has 6 aromatic rings. The second kappa shape index (κ2) is 23.2. The molecule has 0 aliphatic carbocycles. The lowest BCUT2D eigenvalue weighted by atomic mass is 10.1. The third kappa shape index (κ3) is 12.7. The van der Waals surface area contributed by atoms with Crippen LogP contribution < -0.4 is 33.7 Å². The first-order valence-corrected chi connectivity index (χ1v) is 20.8. The van der Waals surface area contributed by atoms with Crippen molar-refractivity contribution in [2.45, 2.75) is 25.7 Å². The Labute approximate surface area is 368 Å². The number of carbonyl (C=O) groups excluding carboxylic acids is 1. The SMILES string of the molecule is COc1cccc(CCOc2cccc(-c3cccc(C(=O)NCCN4CCCC4)c3)n2)c1OC.COc1cccc(CCOc2cccc(-c3cccc(C(=O)O)c3)n2)c1OC. The van der Waals surface area contributed by atoms with Crippen LogP contribution in [0.25, 0.3) is 22.5 Å². The summed E-state index contributed by atoms with van der Waals surface area (Å²) in [6.07, 6.45) is 3.78. The number of aromatic nitrogens is 2. The van der Waals surface area contributed by atoms with Gasteiger partial charge in [-0.05, 0) is 74.5 Å². The molecule has 1 aliphatic rings. The molecular formula is C50H54N4O9. The number of hydrogen-bond donors (Lipinski definition) is 2. The minimum absolute atomic E-state index is 0.0642. The number of carbonyl (C=O) groups is 2. The molecule has 13 nitrogen and oxygen atoms in total. The van der Waals surface area contributed by atoms with Crippen molar-refractivity contribution >= 4 is 11.9 Å². The van der Waals surface area contributed by atoms with E-state index in [1.54, 1.807) is 52.7 Å². The maximum atomic E-state index is 12.6. The fourth-order valence-corrected chi connectivity index (χ4v) is 7.21. The number of rotatable bonds is 19. The van der Waals surface area contributed by atoms with Gasteiger partial charge in [-0.1, -0.05) is 60.7 Å². The molecule has 2 aromatic heterocycles. The van der Waals surface area contributed by atoms with E-state index in [2.05, 4.69) is 20.2 Å². The Morgan fingerprint density at radius 1 is 0.603 bits per heavy atom. The number of nitrogens with one attached hydrogen (secondary N) is 1. The predicted molar refractivity (Wildman–Crippen MR) is 242 cm³/mol. The summed E-state index contributed by atoms with van der Waals surface area (Å²) >= 11 is 0. The first-order chi connectivity index (χ1) is 30.8. The molecule has 7 rings (SSSR count). The summed E-state index contributed by atoms with van der Waals surface area (Å²) in [5.74, 6) is 2.76. The third-order valence-electron chi connectivity index (χ3n) is 10.4. The standard InChI is InChI=1S/C28H33N3O4.C22H21NO5/c1-33-25-12-6-8-21(27(25)34-2)14-19-35-26-13-7-11-24(30-26)22-9-5-10-23(20-22)28(32)29-15-18-31-16-3-4-17-31;1-26-19-10-4-6-15(21(19)27-2)12-13-28-20-11-5-9-18(23-20)16-7-3-8-17(14-16)22(24)25/h5-13,20H,3-4,14-19H2,1-2H3,(H,29,32);3-11,14H,12-13H2,1-2H3,(H,24,25). The highest BCUT2D eigenvalue weighted by Gasteiger charge is 2.15. The van der Waals surface area contributed by atoms with Crippen LogP contribution in [0.5, 0.6) is 34.8 Å². The van der Waals surface area contributed by atoms with E-state index in [4.69, 9.17) is 33.5 Å². The number of ether oxygens (including phenoxy) is 6. The topological polar surface area (TPSA) is 151 Å². The number of likely N-dealkylation sites (tertiary alicyclic amines) is 1. The Hall–Kier alpha value is -7.12. The Balaban J connectivity index is 0.000000215. The Morgan fingerprint density at radius 3 is 1.57 bits per heavy atom. The van der Waals surface area contributed by atoms with E-state index in [9.17, 15) is 9.59 Å². The van der Waals surface area contributed by atoms with Gasteiger partial charge in [0.1, 0.15) is 0 Å². The van der Waals surface area contributed by atoms with Gasteiger partial charge < -0.3 is 43.7 Å². The summed E-state index contributed by atoms with van der Waals surface area (Å²) in [4.78, 5) is 35.3. The predicted octanol–water partition coefficient (Wildman–Crippen LogP) is 8.30. The summed E-state index contributed by atoms with van der Waals surface area (Å²) in [6, 6.07) is 36.8. The second-order valence-corrected chi connectivity index (χ2v) is 14.5. The largest absolute Gasteiger partial charge is 0.493 e. The van der Waals surface area contributed by atoms with Crippen molar-refractivity contribution in [3.63, 3.8) is 0 Å². The molecule has 0 atom stereocenters. The average molecular weight is 855 g/mol.